The summed E-state index contributed by atoms with van der Waals surface area (Å²) in [7, 11) is 0. The number of hydrogen-bond acceptors (Lipinski definition) is 5. The molecule has 35 heavy (non-hydrogen) atoms. The Bertz CT molecular complexity index is 1280. The van der Waals surface area contributed by atoms with Gasteiger partial charge >= 0.3 is 5.97 Å². The Labute approximate surface area is 204 Å². The van der Waals surface area contributed by atoms with Crippen LogP contribution in [0, 0.1) is 5.92 Å². The lowest BCUT2D eigenvalue weighted by Gasteiger charge is -2.29. The van der Waals surface area contributed by atoms with E-state index in [1.54, 1.807) is 6.07 Å². The molecule has 0 spiro atoms. The SMILES string of the molecule is O=C(OCC(=O)N1N=C2C(=Cc3ccccc3)CCCC2C1c1ccccc1)c1cccc(O)c1. The fourth-order valence-corrected chi connectivity index (χ4v) is 4.85. The summed E-state index contributed by atoms with van der Waals surface area (Å²) in [6.45, 7) is -0.431. The van der Waals surface area contributed by atoms with E-state index >= 15 is 0 Å². The van der Waals surface area contributed by atoms with Crippen LogP contribution >= 0.6 is 0 Å². The molecular formula is C29H26N2O4. The molecule has 6 nitrogen and oxygen atoms in total. The highest BCUT2D eigenvalue weighted by atomic mass is 16.5. The maximum atomic E-state index is 13.3. The number of phenols is 1. The summed E-state index contributed by atoms with van der Waals surface area (Å²) in [5, 5.41) is 15.9. The third kappa shape index (κ3) is 4.87. The molecule has 1 fully saturated rings. The van der Waals surface area contributed by atoms with Gasteiger partial charge in [0.2, 0.25) is 0 Å². The van der Waals surface area contributed by atoms with E-state index in [2.05, 4.69) is 18.2 Å². The summed E-state index contributed by atoms with van der Waals surface area (Å²) in [4.78, 5) is 25.7. The van der Waals surface area contributed by atoms with Crippen molar-refractivity contribution in [2.24, 2.45) is 11.0 Å². The number of ether oxygens (including phenoxy) is 1. The summed E-state index contributed by atoms with van der Waals surface area (Å²) in [6.07, 6.45) is 5.00. The van der Waals surface area contributed by atoms with E-state index in [1.165, 1.54) is 23.2 Å². The van der Waals surface area contributed by atoms with Gasteiger partial charge < -0.3 is 9.84 Å². The van der Waals surface area contributed by atoms with Crippen molar-refractivity contribution < 1.29 is 19.4 Å². The number of phenolic OH excluding ortho intramolecular Hbond substituents is 1. The van der Waals surface area contributed by atoms with E-state index in [-0.39, 0.29) is 29.2 Å². The molecule has 1 N–H and O–H groups in total. The van der Waals surface area contributed by atoms with E-state index < -0.39 is 12.6 Å². The van der Waals surface area contributed by atoms with E-state index in [9.17, 15) is 14.7 Å². The predicted molar refractivity (Wildman–Crippen MR) is 134 cm³/mol. The quantitative estimate of drug-likeness (QED) is 0.513. The van der Waals surface area contributed by atoms with Gasteiger partial charge in [0.15, 0.2) is 6.61 Å². The molecule has 0 saturated heterocycles. The number of esters is 1. The lowest BCUT2D eigenvalue weighted by molar-refractivity contribution is -0.137. The molecular weight excluding hydrogens is 440 g/mol. The highest BCUT2D eigenvalue weighted by Gasteiger charge is 2.43. The minimum Gasteiger partial charge on any atom is -0.508 e. The zero-order valence-electron chi connectivity index (χ0n) is 19.2. The average molecular weight is 467 g/mol. The highest BCUT2D eigenvalue weighted by molar-refractivity contribution is 6.08. The van der Waals surface area contributed by atoms with Crippen LogP contribution in [0.3, 0.4) is 0 Å². The van der Waals surface area contributed by atoms with Crippen molar-refractivity contribution in [3.8, 4) is 5.75 Å². The largest absolute Gasteiger partial charge is 0.508 e. The standard InChI is InChI=1S/C29H26N2O4/c32-24-15-7-14-23(18-24)29(34)35-19-26(33)31-28(21-11-5-2-6-12-21)25-16-8-13-22(27(25)30-31)17-20-9-3-1-4-10-20/h1-7,9-12,14-15,17-18,25,28,32H,8,13,16,19H2. The number of aromatic hydroxyl groups is 1. The minimum atomic E-state index is -0.667. The second kappa shape index (κ2) is 9.97. The number of carbonyl (C=O) groups is 2. The first-order valence-corrected chi connectivity index (χ1v) is 11.8. The first kappa shape index (κ1) is 22.6. The Kier molecular flexibility index (Phi) is 6.44. The van der Waals surface area contributed by atoms with Gasteiger partial charge in [-0.2, -0.15) is 5.10 Å². The van der Waals surface area contributed by atoms with Crippen LogP contribution in [0.25, 0.3) is 6.08 Å². The van der Waals surface area contributed by atoms with E-state index in [0.717, 1.165) is 41.7 Å². The summed E-state index contributed by atoms with van der Waals surface area (Å²) in [5.41, 5.74) is 4.37. The number of rotatable bonds is 5. The number of fused-ring (bicyclic) bond motifs is 1. The summed E-state index contributed by atoms with van der Waals surface area (Å²) in [5.74, 6) is -1.01. The van der Waals surface area contributed by atoms with Crippen molar-refractivity contribution >= 4 is 23.7 Å². The predicted octanol–water partition coefficient (Wildman–Crippen LogP) is 5.37. The van der Waals surface area contributed by atoms with Crippen LogP contribution in [-0.2, 0) is 9.53 Å². The van der Waals surface area contributed by atoms with Gasteiger partial charge in [-0.25, -0.2) is 9.80 Å². The zero-order valence-corrected chi connectivity index (χ0v) is 19.2. The molecule has 1 saturated carbocycles. The molecule has 0 radical (unpaired) electrons. The Balaban J connectivity index is 1.42. The number of allylic oxidation sites excluding steroid dienone is 1. The maximum absolute atomic E-state index is 13.3. The molecule has 0 aromatic heterocycles. The summed E-state index contributed by atoms with van der Waals surface area (Å²) >= 11 is 0. The molecule has 1 heterocycles. The van der Waals surface area contributed by atoms with Crippen LogP contribution in [0.1, 0.15) is 46.8 Å². The van der Waals surface area contributed by atoms with Crippen LogP contribution in [0.5, 0.6) is 5.75 Å². The minimum absolute atomic E-state index is 0.0392. The third-order valence-electron chi connectivity index (χ3n) is 6.45. The molecule has 2 atom stereocenters. The molecule has 3 aromatic carbocycles. The van der Waals surface area contributed by atoms with Gasteiger partial charge in [-0.15, -0.1) is 0 Å². The van der Waals surface area contributed by atoms with Crippen LogP contribution in [0.4, 0.5) is 0 Å². The van der Waals surface area contributed by atoms with Gasteiger partial charge in [0.1, 0.15) is 5.75 Å². The molecule has 176 valence electrons. The Morgan fingerprint density at radius 2 is 1.74 bits per heavy atom. The van der Waals surface area contributed by atoms with Gasteiger partial charge in [0.05, 0.1) is 17.3 Å². The number of nitrogens with zero attached hydrogens (tertiary/aromatic N) is 2. The fourth-order valence-electron chi connectivity index (χ4n) is 4.85. The first-order chi connectivity index (χ1) is 17.1. The number of hydrazone groups is 1. The van der Waals surface area contributed by atoms with Crippen molar-refractivity contribution in [3.05, 3.63) is 107 Å². The van der Waals surface area contributed by atoms with E-state index in [0.29, 0.717) is 0 Å². The molecule has 1 aliphatic carbocycles. The van der Waals surface area contributed by atoms with Gasteiger partial charge in [-0.1, -0.05) is 66.7 Å². The number of hydrogen-bond donors (Lipinski definition) is 1. The lowest BCUT2D eigenvalue weighted by atomic mass is 9.77. The normalized spacial score (nSPS) is 20.3. The fraction of sp³-hybridized carbons (Fsp3) is 0.207. The van der Waals surface area contributed by atoms with Crippen molar-refractivity contribution in [2.45, 2.75) is 25.3 Å². The van der Waals surface area contributed by atoms with Crippen LogP contribution in [-0.4, -0.2) is 34.3 Å². The lowest BCUT2D eigenvalue weighted by Crippen LogP contribution is -2.34. The van der Waals surface area contributed by atoms with E-state index in [1.807, 2.05) is 48.5 Å². The van der Waals surface area contributed by atoms with Crippen molar-refractivity contribution in [2.75, 3.05) is 6.61 Å². The van der Waals surface area contributed by atoms with Crippen molar-refractivity contribution in [3.63, 3.8) is 0 Å². The second-order valence-corrected chi connectivity index (χ2v) is 8.78. The highest BCUT2D eigenvalue weighted by Crippen LogP contribution is 2.44. The summed E-state index contributed by atoms with van der Waals surface area (Å²) < 4.78 is 5.29. The van der Waals surface area contributed by atoms with Crippen LogP contribution in [0.15, 0.2) is 95.6 Å². The first-order valence-electron chi connectivity index (χ1n) is 11.8. The van der Waals surface area contributed by atoms with Gasteiger partial charge in [-0.05, 0) is 60.2 Å². The molecule has 1 amide bonds. The topological polar surface area (TPSA) is 79.2 Å². The van der Waals surface area contributed by atoms with Crippen molar-refractivity contribution in [1.29, 1.82) is 0 Å². The smallest absolute Gasteiger partial charge is 0.338 e. The molecule has 3 aromatic rings. The Hall–Kier alpha value is -4.19. The molecule has 6 heteroatoms. The van der Waals surface area contributed by atoms with Gasteiger partial charge in [0.25, 0.3) is 5.91 Å². The Morgan fingerprint density at radius 3 is 2.49 bits per heavy atom. The Morgan fingerprint density at radius 1 is 1.00 bits per heavy atom. The zero-order chi connectivity index (χ0) is 24.2. The number of benzene rings is 3. The van der Waals surface area contributed by atoms with Gasteiger partial charge in [0, 0.05) is 5.92 Å². The monoisotopic (exact) mass is 466 g/mol. The third-order valence-corrected chi connectivity index (χ3v) is 6.45. The average Bonchev–Trinajstić information content (AvgIpc) is 3.29. The molecule has 1 aliphatic heterocycles. The second-order valence-electron chi connectivity index (χ2n) is 8.78. The van der Waals surface area contributed by atoms with Gasteiger partial charge in [-0.3, -0.25) is 4.79 Å². The maximum Gasteiger partial charge on any atom is 0.338 e. The van der Waals surface area contributed by atoms with E-state index in [4.69, 9.17) is 9.84 Å². The number of carbonyl (C=O) groups excluding carboxylic acids is 2. The molecule has 0 bridgehead atoms. The molecule has 2 unspecified atom stereocenters. The number of amides is 1. The molecule has 2 aliphatic rings. The summed E-state index contributed by atoms with van der Waals surface area (Å²) in [6, 6.07) is 25.6. The van der Waals surface area contributed by atoms with Crippen LogP contribution < -0.4 is 0 Å². The molecule has 5 rings (SSSR count). The van der Waals surface area contributed by atoms with Crippen LogP contribution in [0.2, 0.25) is 0 Å². The van der Waals surface area contributed by atoms with Crippen molar-refractivity contribution in [1.82, 2.24) is 5.01 Å².